The molecular weight excluding hydrogens is 324 g/mol. The lowest BCUT2D eigenvalue weighted by atomic mass is 9.95. The Balaban J connectivity index is 1.75. The van der Waals surface area contributed by atoms with Crippen LogP contribution in [0.5, 0.6) is 0 Å². The topological polar surface area (TPSA) is 66.5 Å². The van der Waals surface area contributed by atoms with Crippen LogP contribution in [0.15, 0.2) is 18.2 Å². The average molecular weight is 350 g/mol. The number of nitrogens with one attached hydrogen (secondary N) is 1. The van der Waals surface area contributed by atoms with Gasteiger partial charge in [-0.05, 0) is 62.1 Å². The number of benzene rings is 1. The third kappa shape index (κ3) is 3.58. The second-order valence-corrected chi connectivity index (χ2v) is 9.32. The second kappa shape index (κ2) is 6.39. The van der Waals surface area contributed by atoms with Gasteiger partial charge in [-0.2, -0.15) is 0 Å². The van der Waals surface area contributed by atoms with Gasteiger partial charge in [0.25, 0.3) is 0 Å². The molecule has 1 aromatic carbocycles. The lowest BCUT2D eigenvalue weighted by Crippen LogP contribution is -2.45. The summed E-state index contributed by atoms with van der Waals surface area (Å²) < 4.78 is 25.7. The molecule has 0 aliphatic heterocycles. The average Bonchev–Trinajstić information content (AvgIpc) is 3.09. The number of nitrogens with zero attached hydrogens (tertiary/aromatic N) is 1. The minimum absolute atomic E-state index is 0.156. The number of rotatable bonds is 5. The Bertz CT molecular complexity index is 745. The van der Waals surface area contributed by atoms with Crippen molar-refractivity contribution in [3.8, 4) is 0 Å². The molecule has 3 rings (SSSR count). The number of anilines is 1. The van der Waals surface area contributed by atoms with Crippen molar-refractivity contribution in [3.05, 3.63) is 29.3 Å². The zero-order valence-corrected chi connectivity index (χ0v) is 15.4. The van der Waals surface area contributed by atoms with Gasteiger partial charge in [0, 0.05) is 6.04 Å². The van der Waals surface area contributed by atoms with E-state index in [0.29, 0.717) is 11.6 Å². The van der Waals surface area contributed by atoms with Crippen LogP contribution in [-0.2, 0) is 14.8 Å². The fraction of sp³-hybridized carbons (Fsp3) is 0.611. The summed E-state index contributed by atoms with van der Waals surface area (Å²) in [4.78, 5) is 12.5. The van der Waals surface area contributed by atoms with E-state index in [-0.39, 0.29) is 18.5 Å². The van der Waals surface area contributed by atoms with E-state index in [1.807, 2.05) is 32.0 Å². The van der Waals surface area contributed by atoms with Gasteiger partial charge in [0.2, 0.25) is 15.9 Å². The zero-order valence-electron chi connectivity index (χ0n) is 14.6. The molecule has 1 aromatic rings. The normalized spacial score (nSPS) is 25.7. The third-order valence-corrected chi connectivity index (χ3v) is 6.53. The minimum Gasteiger partial charge on any atom is -0.352 e. The van der Waals surface area contributed by atoms with Gasteiger partial charge < -0.3 is 5.32 Å². The first-order valence-electron chi connectivity index (χ1n) is 8.58. The molecule has 0 spiro atoms. The lowest BCUT2D eigenvalue weighted by Gasteiger charge is -2.27. The number of hydrogen-bond acceptors (Lipinski definition) is 3. The number of carbonyl (C=O) groups is 1. The Morgan fingerprint density at radius 3 is 2.58 bits per heavy atom. The van der Waals surface area contributed by atoms with Gasteiger partial charge in [-0.15, -0.1) is 0 Å². The van der Waals surface area contributed by atoms with E-state index in [9.17, 15) is 13.2 Å². The van der Waals surface area contributed by atoms with Crippen molar-refractivity contribution in [2.75, 3.05) is 17.1 Å². The highest BCUT2D eigenvalue weighted by Crippen LogP contribution is 2.44. The lowest BCUT2D eigenvalue weighted by molar-refractivity contribution is -0.120. The molecule has 2 bridgehead atoms. The number of sulfonamides is 1. The highest BCUT2D eigenvalue weighted by molar-refractivity contribution is 7.92. The van der Waals surface area contributed by atoms with Crippen molar-refractivity contribution in [1.29, 1.82) is 0 Å². The number of carbonyl (C=O) groups excluding carboxylic acids is 1. The van der Waals surface area contributed by atoms with Crippen LogP contribution in [0.2, 0.25) is 0 Å². The van der Waals surface area contributed by atoms with Crippen LogP contribution in [0.25, 0.3) is 0 Å². The molecule has 2 fully saturated rings. The molecule has 2 aliphatic carbocycles. The fourth-order valence-electron chi connectivity index (χ4n) is 4.17. The summed E-state index contributed by atoms with van der Waals surface area (Å²) in [6, 6.07) is 5.86. The molecule has 24 heavy (non-hydrogen) atoms. The molecule has 0 radical (unpaired) electrons. The third-order valence-electron chi connectivity index (χ3n) is 5.41. The molecular formula is C18H26N2O3S. The highest BCUT2D eigenvalue weighted by Gasteiger charge is 2.40. The van der Waals surface area contributed by atoms with Crippen molar-refractivity contribution in [2.24, 2.45) is 11.8 Å². The molecule has 132 valence electrons. The Labute approximate surface area is 144 Å². The van der Waals surface area contributed by atoms with E-state index in [4.69, 9.17) is 0 Å². The molecule has 1 amide bonds. The molecule has 0 aromatic heterocycles. The molecule has 2 saturated carbocycles. The van der Waals surface area contributed by atoms with E-state index in [2.05, 4.69) is 5.32 Å². The smallest absolute Gasteiger partial charge is 0.241 e. The quantitative estimate of drug-likeness (QED) is 0.886. The van der Waals surface area contributed by atoms with Crippen molar-refractivity contribution < 1.29 is 13.2 Å². The minimum atomic E-state index is -3.52. The van der Waals surface area contributed by atoms with Gasteiger partial charge >= 0.3 is 0 Å². The monoisotopic (exact) mass is 350 g/mol. The first kappa shape index (κ1) is 17.3. The van der Waals surface area contributed by atoms with Crippen LogP contribution >= 0.6 is 0 Å². The summed E-state index contributed by atoms with van der Waals surface area (Å²) in [5.74, 6) is 1.11. The van der Waals surface area contributed by atoms with Crippen LogP contribution in [0, 0.1) is 25.7 Å². The van der Waals surface area contributed by atoms with E-state index >= 15 is 0 Å². The van der Waals surface area contributed by atoms with Gasteiger partial charge in [-0.3, -0.25) is 9.10 Å². The summed E-state index contributed by atoms with van der Waals surface area (Å²) in [6.45, 7) is 3.62. The predicted octanol–water partition coefficient (Wildman–Crippen LogP) is 2.37. The molecule has 3 unspecified atom stereocenters. The SMILES string of the molecule is Cc1ccc(C)c(N(CC(=O)NC2CC3CCC2C3)S(C)(=O)=O)c1. The van der Waals surface area contributed by atoms with Crippen molar-refractivity contribution in [1.82, 2.24) is 5.32 Å². The first-order chi connectivity index (χ1) is 11.2. The maximum Gasteiger partial charge on any atom is 0.241 e. The maximum atomic E-state index is 12.5. The van der Waals surface area contributed by atoms with E-state index in [0.717, 1.165) is 29.7 Å². The Morgan fingerprint density at radius 1 is 1.25 bits per heavy atom. The molecule has 6 heteroatoms. The zero-order chi connectivity index (χ0) is 17.5. The largest absolute Gasteiger partial charge is 0.352 e. The van der Waals surface area contributed by atoms with Crippen molar-refractivity contribution in [2.45, 2.75) is 45.6 Å². The Morgan fingerprint density at radius 2 is 2.00 bits per heavy atom. The van der Waals surface area contributed by atoms with E-state index in [1.54, 1.807) is 0 Å². The maximum absolute atomic E-state index is 12.5. The van der Waals surface area contributed by atoms with E-state index < -0.39 is 10.0 Å². The highest BCUT2D eigenvalue weighted by atomic mass is 32.2. The predicted molar refractivity (Wildman–Crippen MR) is 95.5 cm³/mol. The Kier molecular flexibility index (Phi) is 4.60. The van der Waals surface area contributed by atoms with Crippen LogP contribution in [0.4, 0.5) is 5.69 Å². The number of fused-ring (bicyclic) bond motifs is 2. The molecule has 5 nitrogen and oxygen atoms in total. The molecule has 2 aliphatic rings. The van der Waals surface area contributed by atoms with Crippen LogP contribution in [0.1, 0.15) is 36.8 Å². The molecule has 0 saturated heterocycles. The second-order valence-electron chi connectivity index (χ2n) is 7.41. The Hall–Kier alpha value is -1.56. The van der Waals surface area contributed by atoms with Gasteiger partial charge in [0.15, 0.2) is 0 Å². The van der Waals surface area contributed by atoms with Gasteiger partial charge in [0.05, 0.1) is 11.9 Å². The number of amides is 1. The van der Waals surface area contributed by atoms with Crippen LogP contribution in [-0.4, -0.2) is 33.2 Å². The van der Waals surface area contributed by atoms with E-state index in [1.165, 1.54) is 23.6 Å². The molecule has 0 heterocycles. The summed E-state index contributed by atoms with van der Waals surface area (Å²) in [5, 5.41) is 3.07. The van der Waals surface area contributed by atoms with Gasteiger partial charge in [-0.1, -0.05) is 18.6 Å². The number of hydrogen-bond donors (Lipinski definition) is 1. The van der Waals surface area contributed by atoms with Gasteiger partial charge in [0.1, 0.15) is 6.54 Å². The van der Waals surface area contributed by atoms with Crippen LogP contribution < -0.4 is 9.62 Å². The first-order valence-corrected chi connectivity index (χ1v) is 10.4. The van der Waals surface area contributed by atoms with Crippen molar-refractivity contribution >= 4 is 21.6 Å². The summed E-state index contributed by atoms with van der Waals surface area (Å²) in [5.41, 5.74) is 2.40. The summed E-state index contributed by atoms with van der Waals surface area (Å²) in [6.07, 6.45) is 5.85. The standard InChI is InChI=1S/C18H26N2O3S/c1-12-4-5-13(2)17(8-12)20(24(3,22)23)11-18(21)19-16-10-14-6-7-15(16)9-14/h4-5,8,14-16H,6-7,9-11H2,1-3H3,(H,19,21). The summed E-state index contributed by atoms with van der Waals surface area (Å²) in [7, 11) is -3.52. The van der Waals surface area contributed by atoms with Crippen molar-refractivity contribution in [3.63, 3.8) is 0 Å². The fourth-order valence-corrected chi connectivity index (χ4v) is 5.08. The summed E-state index contributed by atoms with van der Waals surface area (Å²) >= 11 is 0. The van der Waals surface area contributed by atoms with Crippen LogP contribution in [0.3, 0.4) is 0 Å². The van der Waals surface area contributed by atoms with Gasteiger partial charge in [-0.25, -0.2) is 8.42 Å². The molecule has 3 atom stereocenters. The number of aryl methyl sites for hydroxylation is 2. The molecule has 1 N–H and O–H groups in total.